The van der Waals surface area contributed by atoms with Gasteiger partial charge in [0, 0.05) is 37.8 Å². The molecule has 0 atom stereocenters. The molecule has 1 aliphatic rings. The normalized spacial score (nSPS) is 13.4. The maximum Gasteiger partial charge on any atom is 0.273 e. The van der Waals surface area contributed by atoms with Gasteiger partial charge in [-0.3, -0.25) is 24.4 Å². The average Bonchev–Trinajstić information content (AvgIpc) is 3.72. The van der Waals surface area contributed by atoms with Gasteiger partial charge in [0.25, 0.3) is 11.8 Å². The van der Waals surface area contributed by atoms with Gasteiger partial charge in [0.1, 0.15) is 5.69 Å². The Morgan fingerprint density at radius 2 is 1.83 bits per heavy atom. The van der Waals surface area contributed by atoms with Crippen molar-refractivity contribution in [1.29, 1.82) is 0 Å². The third-order valence-electron chi connectivity index (χ3n) is 6.18. The predicted molar refractivity (Wildman–Crippen MR) is 135 cm³/mol. The summed E-state index contributed by atoms with van der Waals surface area (Å²) in [6.07, 6.45) is 10.1. The van der Waals surface area contributed by atoms with Crippen LogP contribution in [0.4, 0.5) is 0 Å². The summed E-state index contributed by atoms with van der Waals surface area (Å²) in [5, 5.41) is 4.17. The predicted octanol–water partition coefficient (Wildman–Crippen LogP) is 4.59. The van der Waals surface area contributed by atoms with Gasteiger partial charge in [0.2, 0.25) is 0 Å². The average molecular weight is 471 g/mol. The van der Waals surface area contributed by atoms with Crippen LogP contribution in [-0.2, 0) is 16.2 Å². The molecule has 0 bridgehead atoms. The molecular weight excluding hydrogens is 440 g/mol. The Morgan fingerprint density at radius 1 is 1.09 bits per heavy atom. The maximum absolute atomic E-state index is 12.9. The van der Waals surface area contributed by atoms with E-state index in [1.165, 1.54) is 12.2 Å². The maximum atomic E-state index is 12.9. The van der Waals surface area contributed by atoms with Gasteiger partial charge in [-0.05, 0) is 96.3 Å². The molecule has 1 aromatic carbocycles. The third kappa shape index (κ3) is 6.39. The number of likely N-dealkylation sites (N-methyl/N-ethyl adjacent to an activating group) is 1. The van der Waals surface area contributed by atoms with Crippen molar-refractivity contribution < 1.29 is 14.4 Å². The van der Waals surface area contributed by atoms with Crippen molar-refractivity contribution in [2.45, 2.75) is 32.7 Å². The summed E-state index contributed by atoms with van der Waals surface area (Å²) in [5.74, 6) is 0.199. The number of aryl methyl sites for hydroxylation is 1. The van der Waals surface area contributed by atoms with Crippen molar-refractivity contribution in [2.24, 2.45) is 5.92 Å². The standard InChI is InChI=1S/C28H30N4O3/c1-19-4-7-22(15-24(19)16-25(14-20-5-6-20)28(34)32(2)35-3)23-10-13-30-26(17-23)27(33)31-18-21-8-11-29-12-9-21/h4,7-13,15-17,20H,5-6,14,18H2,1-3H3,(H,31,33)/b25-16+. The van der Waals surface area contributed by atoms with Crippen LogP contribution >= 0.6 is 0 Å². The summed E-state index contributed by atoms with van der Waals surface area (Å²) in [7, 11) is 3.12. The molecule has 0 saturated heterocycles. The van der Waals surface area contributed by atoms with Crippen LogP contribution in [0.3, 0.4) is 0 Å². The summed E-state index contributed by atoms with van der Waals surface area (Å²) in [4.78, 5) is 38.9. The number of carbonyl (C=O) groups excluding carboxylic acids is 2. The van der Waals surface area contributed by atoms with Gasteiger partial charge >= 0.3 is 0 Å². The second kappa shape index (κ2) is 11.1. The molecule has 1 N–H and O–H groups in total. The summed E-state index contributed by atoms with van der Waals surface area (Å²) in [6.45, 7) is 2.43. The molecule has 7 nitrogen and oxygen atoms in total. The number of amides is 2. The van der Waals surface area contributed by atoms with Crippen molar-refractivity contribution in [2.75, 3.05) is 14.2 Å². The van der Waals surface area contributed by atoms with E-state index < -0.39 is 0 Å². The Kier molecular flexibility index (Phi) is 7.67. The van der Waals surface area contributed by atoms with E-state index in [2.05, 4.69) is 21.4 Å². The zero-order valence-electron chi connectivity index (χ0n) is 20.3. The van der Waals surface area contributed by atoms with Crippen molar-refractivity contribution in [3.05, 3.63) is 89.0 Å². The molecule has 180 valence electrons. The van der Waals surface area contributed by atoms with Gasteiger partial charge in [0.05, 0.1) is 7.11 Å². The zero-order valence-corrected chi connectivity index (χ0v) is 20.3. The van der Waals surface area contributed by atoms with Crippen molar-refractivity contribution in [3.63, 3.8) is 0 Å². The smallest absolute Gasteiger partial charge is 0.273 e. The van der Waals surface area contributed by atoms with Crippen molar-refractivity contribution in [1.82, 2.24) is 20.3 Å². The van der Waals surface area contributed by atoms with Gasteiger partial charge in [-0.2, -0.15) is 0 Å². The lowest BCUT2D eigenvalue weighted by Gasteiger charge is -2.16. The van der Waals surface area contributed by atoms with Gasteiger partial charge in [0.15, 0.2) is 0 Å². The Bertz CT molecular complexity index is 1240. The summed E-state index contributed by atoms with van der Waals surface area (Å²) >= 11 is 0. The fourth-order valence-corrected chi connectivity index (χ4v) is 3.80. The molecule has 4 rings (SSSR count). The van der Waals surface area contributed by atoms with Gasteiger partial charge in [-0.25, -0.2) is 5.06 Å². The number of hydroxylamine groups is 2. The zero-order chi connectivity index (χ0) is 24.8. The molecule has 0 spiro atoms. The highest BCUT2D eigenvalue weighted by Gasteiger charge is 2.26. The van der Waals surface area contributed by atoms with E-state index in [0.717, 1.165) is 52.7 Å². The number of nitrogens with zero attached hydrogens (tertiary/aromatic N) is 3. The molecular formula is C28H30N4O3. The quantitative estimate of drug-likeness (QED) is 0.365. The van der Waals surface area contributed by atoms with Gasteiger partial charge < -0.3 is 5.32 Å². The molecule has 3 aromatic rings. The number of nitrogens with one attached hydrogen (secondary N) is 1. The number of benzene rings is 1. The fourth-order valence-electron chi connectivity index (χ4n) is 3.80. The number of pyridine rings is 2. The molecule has 0 unspecified atom stereocenters. The minimum Gasteiger partial charge on any atom is -0.347 e. The van der Waals surface area contributed by atoms with E-state index in [9.17, 15) is 9.59 Å². The molecule has 35 heavy (non-hydrogen) atoms. The SMILES string of the molecule is CON(C)C(=O)/C(=C/c1cc(-c2ccnc(C(=O)NCc3ccncc3)c2)ccc1C)CC1CC1. The van der Waals surface area contributed by atoms with Gasteiger partial charge in [-0.15, -0.1) is 0 Å². The molecule has 0 aliphatic heterocycles. The molecule has 1 fully saturated rings. The number of hydrogen-bond acceptors (Lipinski definition) is 5. The first-order valence-corrected chi connectivity index (χ1v) is 11.7. The molecule has 1 aliphatic carbocycles. The monoisotopic (exact) mass is 470 g/mol. The van der Waals surface area contributed by atoms with Crippen LogP contribution in [-0.4, -0.2) is 41.0 Å². The molecule has 1 saturated carbocycles. The minimum absolute atomic E-state index is 0.124. The second-order valence-electron chi connectivity index (χ2n) is 8.84. The highest BCUT2D eigenvalue weighted by atomic mass is 16.7. The van der Waals surface area contributed by atoms with E-state index >= 15 is 0 Å². The van der Waals surface area contributed by atoms with Crippen molar-refractivity contribution in [3.8, 4) is 11.1 Å². The van der Waals surface area contributed by atoms with Crippen LogP contribution in [0.15, 0.2) is 66.6 Å². The number of aromatic nitrogens is 2. The third-order valence-corrected chi connectivity index (χ3v) is 6.18. The van der Waals surface area contributed by atoms with Crippen LogP contribution in [0, 0.1) is 12.8 Å². The van der Waals surface area contributed by atoms with E-state index in [-0.39, 0.29) is 11.8 Å². The second-order valence-corrected chi connectivity index (χ2v) is 8.84. The highest BCUT2D eigenvalue weighted by Crippen LogP contribution is 2.36. The molecule has 2 amide bonds. The first-order chi connectivity index (χ1) is 16.9. The lowest BCUT2D eigenvalue weighted by molar-refractivity contribution is -0.164. The Labute approximate surface area is 205 Å². The molecule has 2 aromatic heterocycles. The van der Waals surface area contributed by atoms with Crippen LogP contribution in [0.25, 0.3) is 17.2 Å². The van der Waals surface area contributed by atoms with E-state index in [0.29, 0.717) is 18.2 Å². The summed E-state index contributed by atoms with van der Waals surface area (Å²) in [6, 6.07) is 13.5. The fraction of sp³-hybridized carbons (Fsp3) is 0.286. The first-order valence-electron chi connectivity index (χ1n) is 11.7. The number of rotatable bonds is 9. The van der Waals surface area contributed by atoms with Crippen LogP contribution < -0.4 is 5.32 Å². The Balaban J connectivity index is 1.57. The van der Waals surface area contributed by atoms with Crippen LogP contribution in [0.2, 0.25) is 0 Å². The number of hydrogen-bond donors (Lipinski definition) is 1. The van der Waals surface area contributed by atoms with E-state index in [4.69, 9.17) is 4.84 Å². The summed E-state index contributed by atoms with van der Waals surface area (Å²) < 4.78 is 0. The largest absolute Gasteiger partial charge is 0.347 e. The lowest BCUT2D eigenvalue weighted by atomic mass is 9.97. The van der Waals surface area contributed by atoms with Crippen molar-refractivity contribution >= 4 is 17.9 Å². The molecule has 2 heterocycles. The highest BCUT2D eigenvalue weighted by molar-refractivity contribution is 5.97. The Hall–Kier alpha value is -3.84. The van der Waals surface area contributed by atoms with Crippen LogP contribution in [0.1, 0.15) is 46.4 Å². The minimum atomic E-state index is -0.240. The van der Waals surface area contributed by atoms with Crippen LogP contribution in [0.5, 0.6) is 0 Å². The topological polar surface area (TPSA) is 84.4 Å². The molecule has 0 radical (unpaired) electrons. The van der Waals surface area contributed by atoms with E-state index in [1.54, 1.807) is 31.7 Å². The van der Waals surface area contributed by atoms with Gasteiger partial charge in [-0.1, -0.05) is 12.1 Å². The lowest BCUT2D eigenvalue weighted by Crippen LogP contribution is -2.27. The molecule has 7 heteroatoms. The first kappa shape index (κ1) is 24.3. The summed E-state index contributed by atoms with van der Waals surface area (Å²) in [5.41, 5.74) is 5.92. The number of carbonyl (C=O) groups is 2. The van der Waals surface area contributed by atoms with E-state index in [1.807, 2.05) is 43.3 Å². The Morgan fingerprint density at radius 3 is 2.54 bits per heavy atom.